The van der Waals surface area contributed by atoms with Gasteiger partial charge in [-0.05, 0) is 31.4 Å². The van der Waals surface area contributed by atoms with Crippen LogP contribution in [0.15, 0.2) is 41.7 Å². The second kappa shape index (κ2) is 8.98. The molecule has 0 atom stereocenters. The maximum absolute atomic E-state index is 4.65. The van der Waals surface area contributed by atoms with Crippen molar-refractivity contribution >= 4 is 5.96 Å². The molecule has 0 saturated carbocycles. The second-order valence-corrected chi connectivity index (χ2v) is 5.54. The first kappa shape index (κ1) is 17.1. The molecule has 2 N–H and O–H groups in total. The normalized spacial score (nSPS) is 11.5. The van der Waals surface area contributed by atoms with Gasteiger partial charge in [-0.3, -0.25) is 0 Å². The lowest BCUT2D eigenvalue weighted by atomic mass is 10.1. The molecule has 1 heterocycles. The zero-order valence-electron chi connectivity index (χ0n) is 14.3. The Morgan fingerprint density at radius 3 is 2.74 bits per heavy atom. The van der Waals surface area contributed by atoms with Gasteiger partial charge >= 0.3 is 0 Å². The molecule has 0 spiro atoms. The van der Waals surface area contributed by atoms with Crippen LogP contribution in [-0.4, -0.2) is 28.6 Å². The summed E-state index contributed by atoms with van der Waals surface area (Å²) in [5.74, 6) is 1.91. The highest BCUT2D eigenvalue weighted by molar-refractivity contribution is 5.79. The quantitative estimate of drug-likeness (QED) is 0.610. The number of hydrogen-bond donors (Lipinski definition) is 2. The van der Waals surface area contributed by atoms with Gasteiger partial charge in [0.15, 0.2) is 5.96 Å². The first-order valence-corrected chi connectivity index (χ1v) is 8.30. The van der Waals surface area contributed by atoms with Gasteiger partial charge in [0, 0.05) is 32.0 Å². The molecule has 0 saturated heterocycles. The molecule has 2 aromatic rings. The number of rotatable bonds is 7. The van der Waals surface area contributed by atoms with Crippen molar-refractivity contribution in [3.63, 3.8) is 0 Å². The minimum Gasteiger partial charge on any atom is -0.357 e. The summed E-state index contributed by atoms with van der Waals surface area (Å²) < 4.78 is 2.15. The molecule has 5 heteroatoms. The summed E-state index contributed by atoms with van der Waals surface area (Å²) in [4.78, 5) is 8.92. The predicted octanol–water partition coefficient (Wildman–Crippen LogP) is 2.70. The second-order valence-electron chi connectivity index (χ2n) is 5.54. The van der Waals surface area contributed by atoms with E-state index in [0.717, 1.165) is 37.8 Å². The molecule has 23 heavy (non-hydrogen) atoms. The SMILES string of the molecule is CCCNC(=NCc1cccc(Cn2ccnc2C)c1)NCC. The van der Waals surface area contributed by atoms with E-state index in [0.29, 0.717) is 6.54 Å². The van der Waals surface area contributed by atoms with Crippen LogP contribution in [0.4, 0.5) is 0 Å². The third kappa shape index (κ3) is 5.43. The lowest BCUT2D eigenvalue weighted by Gasteiger charge is -2.11. The average molecular weight is 313 g/mol. The Kier molecular flexibility index (Phi) is 6.66. The average Bonchev–Trinajstić information content (AvgIpc) is 2.95. The molecule has 5 nitrogen and oxygen atoms in total. The molecule has 0 fully saturated rings. The summed E-state index contributed by atoms with van der Waals surface area (Å²) in [6.45, 7) is 9.58. The minimum absolute atomic E-state index is 0.676. The molecule has 0 bridgehead atoms. The van der Waals surface area contributed by atoms with Crippen molar-refractivity contribution in [3.8, 4) is 0 Å². The van der Waals surface area contributed by atoms with E-state index in [1.165, 1.54) is 11.1 Å². The molecule has 0 aliphatic rings. The first-order chi connectivity index (χ1) is 11.2. The van der Waals surface area contributed by atoms with Crippen LogP contribution in [0.3, 0.4) is 0 Å². The van der Waals surface area contributed by atoms with Crippen LogP contribution in [0.5, 0.6) is 0 Å². The van der Waals surface area contributed by atoms with Gasteiger partial charge in [-0.15, -0.1) is 0 Å². The number of aryl methyl sites for hydroxylation is 1. The van der Waals surface area contributed by atoms with Crippen molar-refractivity contribution in [3.05, 3.63) is 53.6 Å². The number of hydrogen-bond acceptors (Lipinski definition) is 2. The van der Waals surface area contributed by atoms with Crippen molar-refractivity contribution in [2.75, 3.05) is 13.1 Å². The van der Waals surface area contributed by atoms with Crippen LogP contribution in [0.2, 0.25) is 0 Å². The van der Waals surface area contributed by atoms with Gasteiger partial charge < -0.3 is 15.2 Å². The Labute approximate surface area is 138 Å². The Bertz CT molecular complexity index is 630. The summed E-state index contributed by atoms with van der Waals surface area (Å²) in [6, 6.07) is 8.58. The third-order valence-electron chi connectivity index (χ3n) is 3.57. The Hall–Kier alpha value is -2.30. The molecule has 0 aliphatic heterocycles. The van der Waals surface area contributed by atoms with Gasteiger partial charge in [0.2, 0.25) is 0 Å². The Morgan fingerprint density at radius 2 is 2.04 bits per heavy atom. The summed E-state index contributed by atoms with van der Waals surface area (Å²) in [7, 11) is 0. The van der Waals surface area contributed by atoms with E-state index < -0.39 is 0 Å². The summed E-state index contributed by atoms with van der Waals surface area (Å²) in [5.41, 5.74) is 2.49. The van der Waals surface area contributed by atoms with Crippen LogP contribution in [0, 0.1) is 6.92 Å². The van der Waals surface area contributed by atoms with E-state index in [4.69, 9.17) is 0 Å². The fourth-order valence-corrected chi connectivity index (χ4v) is 2.35. The smallest absolute Gasteiger partial charge is 0.191 e. The fourth-order valence-electron chi connectivity index (χ4n) is 2.35. The molecular weight excluding hydrogens is 286 g/mol. The van der Waals surface area contributed by atoms with E-state index in [1.54, 1.807) is 0 Å². The van der Waals surface area contributed by atoms with Gasteiger partial charge in [0.1, 0.15) is 5.82 Å². The number of aliphatic imine (C=N–C) groups is 1. The summed E-state index contributed by atoms with van der Waals surface area (Å²) in [5, 5.41) is 6.60. The summed E-state index contributed by atoms with van der Waals surface area (Å²) in [6.07, 6.45) is 4.94. The highest BCUT2D eigenvalue weighted by Crippen LogP contribution is 2.09. The molecule has 2 rings (SSSR count). The maximum atomic E-state index is 4.65. The van der Waals surface area contributed by atoms with Crippen LogP contribution < -0.4 is 10.6 Å². The van der Waals surface area contributed by atoms with Crippen LogP contribution in [0.1, 0.15) is 37.2 Å². The van der Waals surface area contributed by atoms with Gasteiger partial charge in [-0.25, -0.2) is 9.98 Å². The maximum Gasteiger partial charge on any atom is 0.191 e. The monoisotopic (exact) mass is 313 g/mol. The molecule has 0 aliphatic carbocycles. The lowest BCUT2D eigenvalue weighted by molar-refractivity contribution is 0.759. The molecule has 124 valence electrons. The van der Waals surface area contributed by atoms with Gasteiger partial charge in [0.25, 0.3) is 0 Å². The van der Waals surface area contributed by atoms with Crippen molar-refractivity contribution < 1.29 is 0 Å². The summed E-state index contributed by atoms with van der Waals surface area (Å²) >= 11 is 0. The fraction of sp³-hybridized carbons (Fsp3) is 0.444. The highest BCUT2D eigenvalue weighted by Gasteiger charge is 2.01. The lowest BCUT2D eigenvalue weighted by Crippen LogP contribution is -2.37. The van der Waals surface area contributed by atoms with Crippen LogP contribution in [-0.2, 0) is 13.1 Å². The van der Waals surface area contributed by atoms with E-state index in [2.05, 4.69) is 63.3 Å². The number of nitrogens with zero attached hydrogens (tertiary/aromatic N) is 3. The molecular formula is C18H27N5. The van der Waals surface area contributed by atoms with Gasteiger partial charge in [0.05, 0.1) is 6.54 Å². The molecule has 0 unspecified atom stereocenters. The molecule has 0 radical (unpaired) electrons. The highest BCUT2D eigenvalue weighted by atomic mass is 15.2. The largest absolute Gasteiger partial charge is 0.357 e. The van der Waals surface area contributed by atoms with Crippen molar-refractivity contribution in [2.45, 2.75) is 40.3 Å². The van der Waals surface area contributed by atoms with Crippen molar-refractivity contribution in [1.29, 1.82) is 0 Å². The van der Waals surface area contributed by atoms with Crippen LogP contribution in [0.25, 0.3) is 0 Å². The van der Waals surface area contributed by atoms with Crippen molar-refractivity contribution in [1.82, 2.24) is 20.2 Å². The number of aromatic nitrogens is 2. The Balaban J connectivity index is 2.02. The van der Waals surface area contributed by atoms with Crippen molar-refractivity contribution in [2.24, 2.45) is 4.99 Å². The molecule has 1 aromatic heterocycles. The standard InChI is InChI=1S/C18H27N5/c1-4-9-21-18(19-5-2)22-13-16-7-6-8-17(12-16)14-23-11-10-20-15(23)3/h6-8,10-12H,4-5,9,13-14H2,1-3H3,(H2,19,21,22). The number of benzene rings is 1. The van der Waals surface area contributed by atoms with E-state index in [9.17, 15) is 0 Å². The van der Waals surface area contributed by atoms with E-state index >= 15 is 0 Å². The minimum atomic E-state index is 0.676. The third-order valence-corrected chi connectivity index (χ3v) is 3.57. The van der Waals surface area contributed by atoms with Gasteiger partial charge in [-0.1, -0.05) is 31.2 Å². The van der Waals surface area contributed by atoms with Gasteiger partial charge in [-0.2, -0.15) is 0 Å². The number of guanidine groups is 1. The van der Waals surface area contributed by atoms with E-state index in [-0.39, 0.29) is 0 Å². The number of nitrogens with one attached hydrogen (secondary N) is 2. The number of imidazole rings is 1. The zero-order chi connectivity index (χ0) is 16.5. The zero-order valence-corrected chi connectivity index (χ0v) is 14.3. The predicted molar refractivity (Wildman–Crippen MR) is 95.6 cm³/mol. The molecule has 0 amide bonds. The van der Waals surface area contributed by atoms with Crippen LogP contribution >= 0.6 is 0 Å². The Morgan fingerprint density at radius 1 is 1.22 bits per heavy atom. The first-order valence-electron chi connectivity index (χ1n) is 8.30. The van der Waals surface area contributed by atoms with E-state index in [1.807, 2.05) is 19.3 Å². The topological polar surface area (TPSA) is 54.2 Å². The molecule has 1 aromatic carbocycles.